The van der Waals surface area contributed by atoms with Crippen molar-refractivity contribution in [2.45, 2.75) is 45.6 Å². The Morgan fingerprint density at radius 2 is 1.68 bits per heavy atom. The minimum Gasteiger partial charge on any atom is -0.497 e. The van der Waals surface area contributed by atoms with Gasteiger partial charge in [0.1, 0.15) is 11.8 Å². The van der Waals surface area contributed by atoms with Gasteiger partial charge in [0.15, 0.2) is 0 Å². The van der Waals surface area contributed by atoms with Crippen LogP contribution >= 0.6 is 0 Å². The number of hydrogen-bond donors (Lipinski definition) is 0. The van der Waals surface area contributed by atoms with Crippen LogP contribution in [0.4, 0.5) is 0 Å². The molecule has 1 aromatic rings. The number of sulfonamides is 1. The molecule has 28 heavy (non-hydrogen) atoms. The van der Waals surface area contributed by atoms with Crippen molar-refractivity contribution in [2.75, 3.05) is 27.2 Å². The molecule has 0 bridgehead atoms. The minimum absolute atomic E-state index is 0.102. The second-order valence-electron chi connectivity index (χ2n) is 9.74. The van der Waals surface area contributed by atoms with Gasteiger partial charge in [-0.3, -0.25) is 4.79 Å². The van der Waals surface area contributed by atoms with Crippen LogP contribution in [0, 0.1) is 22.7 Å². The lowest BCUT2D eigenvalue weighted by atomic mass is 9.85. The van der Waals surface area contributed by atoms with E-state index in [1.807, 2.05) is 25.7 Å². The third kappa shape index (κ3) is 3.43. The molecule has 3 atom stereocenters. The van der Waals surface area contributed by atoms with Gasteiger partial charge in [0.25, 0.3) is 0 Å². The molecular formula is C21H32N2O4S. The van der Waals surface area contributed by atoms with Gasteiger partial charge < -0.3 is 9.64 Å². The van der Waals surface area contributed by atoms with E-state index in [4.69, 9.17) is 4.74 Å². The van der Waals surface area contributed by atoms with Crippen molar-refractivity contribution < 1.29 is 17.9 Å². The molecule has 7 heteroatoms. The number of amides is 1. The Bertz CT molecular complexity index is 841. The van der Waals surface area contributed by atoms with E-state index in [-0.39, 0.29) is 10.8 Å². The van der Waals surface area contributed by atoms with Gasteiger partial charge in [-0.25, -0.2) is 8.42 Å². The van der Waals surface area contributed by atoms with E-state index in [1.54, 1.807) is 12.1 Å². The zero-order valence-corrected chi connectivity index (χ0v) is 18.7. The molecule has 0 N–H and O–H groups in total. The van der Waals surface area contributed by atoms with Crippen LogP contribution in [0.25, 0.3) is 0 Å². The predicted molar refractivity (Wildman–Crippen MR) is 109 cm³/mol. The van der Waals surface area contributed by atoms with Crippen molar-refractivity contribution in [2.24, 2.45) is 22.7 Å². The smallest absolute Gasteiger partial charge is 0.243 e. The van der Waals surface area contributed by atoms with Crippen LogP contribution in [0.5, 0.6) is 5.75 Å². The van der Waals surface area contributed by atoms with Crippen molar-refractivity contribution in [3.8, 4) is 5.75 Å². The summed E-state index contributed by atoms with van der Waals surface area (Å²) in [5, 5.41) is 0. The highest BCUT2D eigenvalue weighted by molar-refractivity contribution is 7.89. The molecule has 2 fully saturated rings. The van der Waals surface area contributed by atoms with Crippen LogP contribution in [0.2, 0.25) is 0 Å². The maximum absolute atomic E-state index is 13.4. The highest BCUT2D eigenvalue weighted by atomic mass is 32.2. The molecule has 3 rings (SSSR count). The number of benzene rings is 1. The summed E-state index contributed by atoms with van der Waals surface area (Å²) in [4.78, 5) is 15.4. The summed E-state index contributed by atoms with van der Waals surface area (Å²) >= 11 is 0. The number of carbonyl (C=O) groups excluding carboxylic acids is 1. The predicted octanol–water partition coefficient (Wildman–Crippen LogP) is 2.84. The van der Waals surface area contributed by atoms with Gasteiger partial charge in [0.2, 0.25) is 15.9 Å². The van der Waals surface area contributed by atoms with E-state index in [1.165, 1.54) is 30.6 Å². The van der Waals surface area contributed by atoms with E-state index in [2.05, 4.69) is 13.8 Å². The molecule has 0 aromatic heterocycles. The molecule has 1 saturated carbocycles. The summed E-state index contributed by atoms with van der Waals surface area (Å²) in [7, 11) is -0.774. The van der Waals surface area contributed by atoms with Crippen molar-refractivity contribution >= 4 is 15.9 Å². The largest absolute Gasteiger partial charge is 0.497 e. The monoisotopic (exact) mass is 408 g/mol. The van der Waals surface area contributed by atoms with Gasteiger partial charge in [-0.1, -0.05) is 34.6 Å². The SMILES string of the molecule is COc1ccc(S(=O)(=O)N(C)[C@H](C(=O)N2C[C@@H]3[C@H](C2)C3(C)C)C(C)(C)C)cc1. The molecule has 156 valence electrons. The summed E-state index contributed by atoms with van der Waals surface area (Å²) in [6.07, 6.45) is 0. The van der Waals surface area contributed by atoms with Gasteiger partial charge in [-0.05, 0) is 46.9 Å². The van der Waals surface area contributed by atoms with Gasteiger partial charge in [-0.2, -0.15) is 4.31 Å². The maximum Gasteiger partial charge on any atom is 0.243 e. The fourth-order valence-electron chi connectivity index (χ4n) is 4.61. The quantitative estimate of drug-likeness (QED) is 0.751. The van der Waals surface area contributed by atoms with Crippen LogP contribution < -0.4 is 4.74 Å². The molecule has 2 aliphatic rings. The lowest BCUT2D eigenvalue weighted by Gasteiger charge is -2.39. The first-order valence-electron chi connectivity index (χ1n) is 9.72. The first kappa shape index (κ1) is 21.1. The number of fused-ring (bicyclic) bond motifs is 1. The molecule has 1 aromatic carbocycles. The van der Waals surface area contributed by atoms with Gasteiger partial charge in [-0.15, -0.1) is 0 Å². The number of rotatable bonds is 5. The highest BCUT2D eigenvalue weighted by Gasteiger charge is 2.63. The Hall–Kier alpha value is -1.60. The van der Waals surface area contributed by atoms with E-state index < -0.39 is 21.5 Å². The van der Waals surface area contributed by atoms with Gasteiger partial charge in [0, 0.05) is 20.1 Å². The lowest BCUT2D eigenvalue weighted by molar-refractivity contribution is -0.138. The van der Waals surface area contributed by atoms with E-state index >= 15 is 0 Å². The fourth-order valence-corrected chi connectivity index (χ4v) is 6.11. The third-order valence-corrected chi connectivity index (χ3v) is 8.42. The third-order valence-electron chi connectivity index (χ3n) is 6.59. The second kappa shape index (κ2) is 6.73. The second-order valence-corrected chi connectivity index (χ2v) is 11.7. The number of hydrogen-bond acceptors (Lipinski definition) is 4. The Morgan fingerprint density at radius 3 is 2.11 bits per heavy atom. The minimum atomic E-state index is -3.82. The molecule has 1 heterocycles. The molecule has 1 aliphatic carbocycles. The first-order valence-corrected chi connectivity index (χ1v) is 11.2. The Morgan fingerprint density at radius 1 is 1.18 bits per heavy atom. The molecule has 1 aliphatic heterocycles. The molecule has 0 spiro atoms. The van der Waals surface area contributed by atoms with Crippen LogP contribution in [0.3, 0.4) is 0 Å². The average molecular weight is 409 g/mol. The normalized spacial score (nSPS) is 24.8. The average Bonchev–Trinajstić information content (AvgIpc) is 2.98. The number of likely N-dealkylation sites (N-methyl/N-ethyl adjacent to an activating group) is 1. The number of likely N-dealkylation sites (tertiary alicyclic amines) is 1. The molecule has 0 radical (unpaired) electrons. The highest BCUT2D eigenvalue weighted by Crippen LogP contribution is 2.62. The Kier molecular flexibility index (Phi) is 5.08. The van der Waals surface area contributed by atoms with E-state index in [0.717, 1.165) is 13.1 Å². The lowest BCUT2D eigenvalue weighted by Crippen LogP contribution is -2.55. The number of nitrogens with zero attached hydrogens (tertiary/aromatic N) is 2. The molecule has 1 amide bonds. The molecular weight excluding hydrogens is 376 g/mol. The number of methoxy groups -OCH3 is 1. The molecule has 0 unspecified atom stereocenters. The summed E-state index contributed by atoms with van der Waals surface area (Å²) in [5.74, 6) is 1.54. The summed E-state index contributed by atoms with van der Waals surface area (Å²) in [6, 6.07) is 5.50. The Balaban J connectivity index is 1.86. The van der Waals surface area contributed by atoms with Crippen molar-refractivity contribution in [3.05, 3.63) is 24.3 Å². The fraction of sp³-hybridized carbons (Fsp3) is 0.667. The van der Waals surface area contributed by atoms with Crippen molar-refractivity contribution in [1.82, 2.24) is 9.21 Å². The maximum atomic E-state index is 13.4. The zero-order valence-electron chi connectivity index (χ0n) is 17.9. The zero-order chi connectivity index (χ0) is 21.1. The summed E-state index contributed by atoms with van der Waals surface area (Å²) in [6.45, 7) is 11.7. The molecule has 1 saturated heterocycles. The van der Waals surface area contributed by atoms with Crippen LogP contribution in [-0.2, 0) is 14.8 Å². The number of piperidine rings is 1. The van der Waals surface area contributed by atoms with E-state index in [0.29, 0.717) is 23.0 Å². The van der Waals surface area contributed by atoms with Gasteiger partial charge in [0.05, 0.1) is 12.0 Å². The van der Waals surface area contributed by atoms with E-state index in [9.17, 15) is 13.2 Å². The van der Waals surface area contributed by atoms with Gasteiger partial charge >= 0.3 is 0 Å². The van der Waals surface area contributed by atoms with Crippen molar-refractivity contribution in [3.63, 3.8) is 0 Å². The standard InChI is InChI=1S/C21H32N2O4S/c1-20(2,3)18(19(24)23-12-16-17(13-23)21(16,4)5)22(6)28(25,26)15-10-8-14(27-7)9-11-15/h8-11,16-18H,12-13H2,1-7H3/t16-,17+,18-/m1/s1. The number of carbonyl (C=O) groups is 1. The van der Waals surface area contributed by atoms with Crippen LogP contribution in [0.1, 0.15) is 34.6 Å². The number of ether oxygens (including phenoxy) is 1. The molecule has 6 nitrogen and oxygen atoms in total. The van der Waals surface area contributed by atoms with Crippen LogP contribution in [-0.4, -0.2) is 56.8 Å². The van der Waals surface area contributed by atoms with Crippen LogP contribution in [0.15, 0.2) is 29.2 Å². The summed E-state index contributed by atoms with van der Waals surface area (Å²) < 4.78 is 32.8. The summed E-state index contributed by atoms with van der Waals surface area (Å²) in [5.41, 5.74) is -0.233. The Labute approximate surface area is 168 Å². The first-order chi connectivity index (χ1) is 12.8. The van der Waals surface area contributed by atoms with Crippen molar-refractivity contribution in [1.29, 1.82) is 0 Å². The topological polar surface area (TPSA) is 66.9 Å².